The third kappa shape index (κ3) is 6.93. The van der Waals surface area contributed by atoms with E-state index in [0.717, 1.165) is 0 Å². The number of carbonyl (C=O) groups is 1. The molecule has 2 rings (SSSR count). The quantitative estimate of drug-likeness (QED) is 0.194. The van der Waals surface area contributed by atoms with E-state index in [4.69, 9.17) is 23.7 Å². The first-order chi connectivity index (χ1) is 15.0. The van der Waals surface area contributed by atoms with Crippen molar-refractivity contribution < 1.29 is 28.5 Å². The minimum Gasteiger partial charge on any atom is -0.493 e. The van der Waals surface area contributed by atoms with Crippen molar-refractivity contribution in [3.8, 4) is 29.1 Å². The molecule has 0 bridgehead atoms. The molecule has 0 unspecified atom stereocenters. The number of nitrogens with zero attached hydrogens (tertiary/aromatic N) is 1. The number of carbonyl (C=O) groups excluding carboxylic acids is 1. The fraction of sp³-hybridized carbons (Fsp3) is 0.304. The number of hydrogen-bond acceptors (Lipinski definition) is 7. The number of methoxy groups -OCH3 is 1. The van der Waals surface area contributed by atoms with E-state index in [-0.39, 0.29) is 18.8 Å². The van der Waals surface area contributed by atoms with Crippen molar-refractivity contribution in [3.63, 3.8) is 0 Å². The van der Waals surface area contributed by atoms with Gasteiger partial charge in [-0.1, -0.05) is 12.1 Å². The summed E-state index contributed by atoms with van der Waals surface area (Å²) in [6.07, 6.45) is 1.44. The van der Waals surface area contributed by atoms with Gasteiger partial charge in [-0.05, 0) is 65.7 Å². The maximum Gasteiger partial charge on any atom is 0.348 e. The Labute approximate surface area is 190 Å². The van der Waals surface area contributed by atoms with Crippen LogP contribution < -0.4 is 18.9 Å². The first kappa shape index (κ1) is 24.1. The molecule has 0 amide bonds. The maximum absolute atomic E-state index is 11.9. The smallest absolute Gasteiger partial charge is 0.348 e. The molecule has 0 aliphatic rings. The summed E-state index contributed by atoms with van der Waals surface area (Å²) >= 11 is 3.47. The SMILES string of the molecule is CCOC(=O)/C(C#N)=C\c1cc(Br)c(OCCOc2ccccc2OC)c(OCC)c1. The number of esters is 1. The summed E-state index contributed by atoms with van der Waals surface area (Å²) in [6, 6.07) is 12.6. The Balaban J connectivity index is 2.14. The van der Waals surface area contributed by atoms with Gasteiger partial charge in [0.2, 0.25) is 0 Å². The lowest BCUT2D eigenvalue weighted by molar-refractivity contribution is -0.137. The molecule has 0 aromatic heterocycles. The zero-order valence-electron chi connectivity index (χ0n) is 17.6. The van der Waals surface area contributed by atoms with Gasteiger partial charge in [0.05, 0.1) is 24.8 Å². The number of ether oxygens (including phenoxy) is 5. The molecule has 2 aromatic rings. The summed E-state index contributed by atoms with van der Waals surface area (Å²) in [5.74, 6) is 1.57. The molecule has 7 nitrogen and oxygen atoms in total. The fourth-order valence-corrected chi connectivity index (χ4v) is 3.19. The van der Waals surface area contributed by atoms with Crippen LogP contribution in [0.3, 0.4) is 0 Å². The van der Waals surface area contributed by atoms with E-state index in [1.54, 1.807) is 26.2 Å². The monoisotopic (exact) mass is 489 g/mol. The van der Waals surface area contributed by atoms with Crippen LogP contribution in [0.15, 0.2) is 46.4 Å². The second-order valence-electron chi connectivity index (χ2n) is 6.00. The Morgan fingerprint density at radius 1 is 1.03 bits per heavy atom. The molecule has 0 aliphatic heterocycles. The molecule has 0 spiro atoms. The van der Waals surface area contributed by atoms with Gasteiger partial charge in [-0.3, -0.25) is 0 Å². The van der Waals surface area contributed by atoms with E-state index in [2.05, 4.69) is 15.9 Å². The van der Waals surface area contributed by atoms with Gasteiger partial charge < -0.3 is 23.7 Å². The van der Waals surface area contributed by atoms with Crippen molar-refractivity contribution in [1.82, 2.24) is 0 Å². The van der Waals surface area contributed by atoms with E-state index in [1.807, 2.05) is 37.3 Å². The maximum atomic E-state index is 11.9. The molecule has 0 atom stereocenters. The van der Waals surface area contributed by atoms with Crippen molar-refractivity contribution in [3.05, 3.63) is 52.0 Å². The number of para-hydroxylation sites is 2. The number of nitriles is 1. The molecule has 0 saturated carbocycles. The second-order valence-corrected chi connectivity index (χ2v) is 6.86. The van der Waals surface area contributed by atoms with E-state index in [9.17, 15) is 10.1 Å². The van der Waals surface area contributed by atoms with Gasteiger partial charge in [0.1, 0.15) is 24.9 Å². The Bertz CT molecular complexity index is 967. The van der Waals surface area contributed by atoms with Crippen molar-refractivity contribution in [2.75, 3.05) is 33.5 Å². The van der Waals surface area contributed by atoms with Crippen LogP contribution in [0.2, 0.25) is 0 Å². The fourth-order valence-electron chi connectivity index (χ4n) is 2.62. The highest BCUT2D eigenvalue weighted by Crippen LogP contribution is 2.37. The first-order valence-electron chi connectivity index (χ1n) is 9.67. The summed E-state index contributed by atoms with van der Waals surface area (Å²) in [5, 5.41) is 9.25. The standard InChI is InChI=1S/C23H24BrNO6/c1-4-28-21-14-16(12-17(15-25)23(26)29-5-2)13-18(24)22(21)31-11-10-30-20-9-7-6-8-19(20)27-3/h6-9,12-14H,4-5,10-11H2,1-3H3/b17-12-. The van der Waals surface area contributed by atoms with E-state index >= 15 is 0 Å². The zero-order valence-corrected chi connectivity index (χ0v) is 19.2. The van der Waals surface area contributed by atoms with Gasteiger partial charge in [-0.2, -0.15) is 5.26 Å². The molecule has 0 aliphatic carbocycles. The average Bonchev–Trinajstić information content (AvgIpc) is 2.77. The van der Waals surface area contributed by atoms with Gasteiger partial charge in [-0.15, -0.1) is 0 Å². The predicted molar refractivity (Wildman–Crippen MR) is 120 cm³/mol. The summed E-state index contributed by atoms with van der Waals surface area (Å²) in [5.41, 5.74) is 0.493. The summed E-state index contributed by atoms with van der Waals surface area (Å²) in [4.78, 5) is 11.9. The first-order valence-corrected chi connectivity index (χ1v) is 10.5. The molecule has 0 radical (unpaired) electrons. The van der Waals surface area contributed by atoms with Crippen LogP contribution in [0.5, 0.6) is 23.0 Å². The molecule has 31 heavy (non-hydrogen) atoms. The zero-order chi connectivity index (χ0) is 22.6. The lowest BCUT2D eigenvalue weighted by Gasteiger charge is -2.15. The topological polar surface area (TPSA) is 87.0 Å². The average molecular weight is 490 g/mol. The van der Waals surface area contributed by atoms with Crippen molar-refractivity contribution in [1.29, 1.82) is 5.26 Å². The molecule has 0 N–H and O–H groups in total. The van der Waals surface area contributed by atoms with Crippen molar-refractivity contribution in [2.24, 2.45) is 0 Å². The molecular formula is C23H24BrNO6. The lowest BCUT2D eigenvalue weighted by atomic mass is 10.1. The minimum absolute atomic E-state index is 0.102. The highest BCUT2D eigenvalue weighted by Gasteiger charge is 2.15. The molecule has 0 fully saturated rings. The Morgan fingerprint density at radius 3 is 2.39 bits per heavy atom. The normalized spacial score (nSPS) is 10.7. The van der Waals surface area contributed by atoms with Gasteiger partial charge in [-0.25, -0.2) is 4.79 Å². The third-order valence-corrected chi connectivity index (χ3v) is 4.50. The second kappa shape index (κ2) is 12.5. The summed E-state index contributed by atoms with van der Waals surface area (Å²) in [6.45, 7) is 4.69. The summed E-state index contributed by atoms with van der Waals surface area (Å²) < 4.78 is 28.1. The van der Waals surface area contributed by atoms with Crippen LogP contribution in [0, 0.1) is 11.3 Å². The van der Waals surface area contributed by atoms with Crippen LogP contribution in [0.4, 0.5) is 0 Å². The molecule has 2 aromatic carbocycles. The van der Waals surface area contributed by atoms with Crippen LogP contribution >= 0.6 is 15.9 Å². The van der Waals surface area contributed by atoms with Gasteiger partial charge in [0.15, 0.2) is 23.0 Å². The Morgan fingerprint density at radius 2 is 1.74 bits per heavy atom. The number of benzene rings is 2. The van der Waals surface area contributed by atoms with E-state index in [1.165, 1.54) is 6.08 Å². The van der Waals surface area contributed by atoms with Gasteiger partial charge >= 0.3 is 5.97 Å². The van der Waals surface area contributed by atoms with Gasteiger partial charge in [0, 0.05) is 0 Å². The van der Waals surface area contributed by atoms with Gasteiger partial charge in [0.25, 0.3) is 0 Å². The molecule has 0 saturated heterocycles. The largest absolute Gasteiger partial charge is 0.493 e. The van der Waals surface area contributed by atoms with Crippen LogP contribution in [0.1, 0.15) is 19.4 Å². The van der Waals surface area contributed by atoms with Crippen LogP contribution in [-0.2, 0) is 9.53 Å². The van der Waals surface area contributed by atoms with Crippen LogP contribution in [0.25, 0.3) is 6.08 Å². The number of halogens is 1. The lowest BCUT2D eigenvalue weighted by Crippen LogP contribution is -2.11. The predicted octanol–water partition coefficient (Wildman–Crippen LogP) is 4.78. The number of hydrogen-bond donors (Lipinski definition) is 0. The van der Waals surface area contributed by atoms with Crippen molar-refractivity contribution >= 4 is 28.0 Å². The molecule has 164 valence electrons. The molecule has 0 heterocycles. The Hall–Kier alpha value is -3.18. The number of rotatable bonds is 11. The van der Waals surface area contributed by atoms with Crippen LogP contribution in [-0.4, -0.2) is 39.5 Å². The summed E-state index contributed by atoms with van der Waals surface area (Å²) in [7, 11) is 1.58. The van der Waals surface area contributed by atoms with E-state index < -0.39 is 5.97 Å². The minimum atomic E-state index is -0.673. The Kier molecular flexibility index (Phi) is 9.72. The van der Waals surface area contributed by atoms with E-state index in [0.29, 0.717) is 46.2 Å². The third-order valence-electron chi connectivity index (χ3n) is 3.91. The van der Waals surface area contributed by atoms with Crippen molar-refractivity contribution in [2.45, 2.75) is 13.8 Å². The molecule has 8 heteroatoms. The highest BCUT2D eigenvalue weighted by molar-refractivity contribution is 9.10. The molecular weight excluding hydrogens is 466 g/mol. The highest BCUT2D eigenvalue weighted by atomic mass is 79.9.